The lowest BCUT2D eigenvalue weighted by Gasteiger charge is -2.30. The molecular formula is C11H22N2O4. The Morgan fingerprint density at radius 2 is 1.71 bits per heavy atom. The van der Waals surface area contributed by atoms with E-state index in [1.807, 2.05) is 0 Å². The number of hydrogen-bond acceptors (Lipinski definition) is 5. The number of hydrogen-bond donors (Lipinski definition) is 1. The van der Waals surface area contributed by atoms with Crippen molar-refractivity contribution in [1.29, 1.82) is 0 Å². The molecule has 0 rings (SSSR count). The molecular weight excluding hydrogens is 224 g/mol. The van der Waals surface area contributed by atoms with Gasteiger partial charge in [-0.25, -0.2) is 9.59 Å². The summed E-state index contributed by atoms with van der Waals surface area (Å²) in [7, 11) is 1.48. The highest BCUT2D eigenvalue weighted by Crippen LogP contribution is 2.15. The van der Waals surface area contributed by atoms with Gasteiger partial charge in [0.15, 0.2) is 0 Å². The lowest BCUT2D eigenvalue weighted by Crippen LogP contribution is -2.48. The van der Waals surface area contributed by atoms with E-state index < -0.39 is 23.7 Å². The zero-order chi connectivity index (χ0) is 13.8. The first-order valence-corrected chi connectivity index (χ1v) is 5.46. The van der Waals surface area contributed by atoms with Gasteiger partial charge in [-0.05, 0) is 26.7 Å². The van der Waals surface area contributed by atoms with Crippen LogP contribution in [0, 0.1) is 5.92 Å². The third-order valence-corrected chi connectivity index (χ3v) is 2.09. The summed E-state index contributed by atoms with van der Waals surface area (Å²) in [5, 5.41) is 0. The summed E-state index contributed by atoms with van der Waals surface area (Å²) in [4.78, 5) is 28.6. The van der Waals surface area contributed by atoms with Crippen molar-refractivity contribution in [3.63, 3.8) is 0 Å². The molecule has 0 fully saturated rings. The van der Waals surface area contributed by atoms with Gasteiger partial charge in [-0.3, -0.25) is 4.90 Å². The second-order valence-electron chi connectivity index (χ2n) is 5.22. The summed E-state index contributed by atoms with van der Waals surface area (Å²) < 4.78 is 5.16. The molecule has 0 unspecified atom stereocenters. The molecule has 1 atom stereocenters. The van der Waals surface area contributed by atoms with Crippen molar-refractivity contribution in [3.05, 3.63) is 0 Å². The smallest absolute Gasteiger partial charge is 0.410 e. The van der Waals surface area contributed by atoms with Crippen molar-refractivity contribution in [3.8, 4) is 0 Å². The molecule has 0 aromatic heterocycles. The van der Waals surface area contributed by atoms with Crippen LogP contribution in [0.1, 0.15) is 34.6 Å². The first kappa shape index (κ1) is 15.7. The zero-order valence-electron chi connectivity index (χ0n) is 11.3. The van der Waals surface area contributed by atoms with Crippen molar-refractivity contribution >= 4 is 12.1 Å². The quantitative estimate of drug-likeness (QED) is 0.759. The average molecular weight is 246 g/mol. The molecule has 0 radical (unpaired) electrons. The van der Waals surface area contributed by atoms with E-state index in [-0.39, 0.29) is 5.92 Å². The number of ether oxygens (including phenoxy) is 1. The Hall–Kier alpha value is -1.30. The summed E-state index contributed by atoms with van der Waals surface area (Å²) in [6.45, 7) is 8.85. The minimum absolute atomic E-state index is 0.122. The van der Waals surface area contributed by atoms with Gasteiger partial charge in [0, 0.05) is 7.05 Å². The topological polar surface area (TPSA) is 81.9 Å². The van der Waals surface area contributed by atoms with Crippen LogP contribution in [-0.2, 0) is 14.4 Å². The van der Waals surface area contributed by atoms with Gasteiger partial charge in [0.25, 0.3) is 0 Å². The molecule has 0 aliphatic carbocycles. The molecule has 0 aliphatic heterocycles. The van der Waals surface area contributed by atoms with Crippen LogP contribution < -0.4 is 5.90 Å². The number of nitrogens with two attached hydrogens (primary N) is 1. The van der Waals surface area contributed by atoms with E-state index in [0.717, 1.165) is 0 Å². The molecule has 100 valence electrons. The fraction of sp³-hybridized carbons (Fsp3) is 0.818. The maximum absolute atomic E-state index is 11.8. The molecule has 0 spiro atoms. The molecule has 0 saturated heterocycles. The van der Waals surface area contributed by atoms with Crippen molar-refractivity contribution in [2.24, 2.45) is 11.8 Å². The lowest BCUT2D eigenvalue weighted by molar-refractivity contribution is -0.151. The number of likely N-dealkylation sites (N-methyl/N-ethyl adjacent to an activating group) is 1. The molecule has 1 amide bonds. The van der Waals surface area contributed by atoms with Crippen molar-refractivity contribution < 1.29 is 19.2 Å². The third-order valence-electron chi connectivity index (χ3n) is 2.09. The van der Waals surface area contributed by atoms with Crippen LogP contribution in [0.4, 0.5) is 4.79 Å². The Labute approximate surface area is 102 Å². The van der Waals surface area contributed by atoms with Crippen molar-refractivity contribution in [2.75, 3.05) is 7.05 Å². The Balaban J connectivity index is 4.79. The number of carbonyl (C=O) groups excluding carboxylic acids is 2. The van der Waals surface area contributed by atoms with Gasteiger partial charge >= 0.3 is 12.1 Å². The number of nitrogens with zero attached hydrogens (tertiary/aromatic N) is 1. The van der Waals surface area contributed by atoms with Gasteiger partial charge in [-0.2, -0.15) is 5.90 Å². The standard InChI is InChI=1S/C11H22N2O4/c1-7(2)8(9(14)17-12)13(6)10(15)16-11(3,4)5/h7-8H,12H2,1-6H3/t8-/m0/s1. The van der Waals surface area contributed by atoms with Gasteiger partial charge in [0.05, 0.1) is 0 Å². The molecule has 0 aliphatic rings. The minimum atomic E-state index is -0.755. The van der Waals surface area contributed by atoms with E-state index in [0.29, 0.717) is 0 Å². The van der Waals surface area contributed by atoms with E-state index in [1.165, 1.54) is 11.9 Å². The van der Waals surface area contributed by atoms with Crippen molar-refractivity contribution in [2.45, 2.75) is 46.3 Å². The highest BCUT2D eigenvalue weighted by atomic mass is 16.7. The van der Waals surface area contributed by atoms with Crippen LogP contribution >= 0.6 is 0 Å². The Morgan fingerprint density at radius 1 is 1.24 bits per heavy atom. The Kier molecular flexibility index (Phi) is 5.41. The second kappa shape index (κ2) is 5.86. The molecule has 6 heteroatoms. The molecule has 0 aromatic carbocycles. The monoisotopic (exact) mass is 246 g/mol. The first-order valence-electron chi connectivity index (χ1n) is 5.46. The maximum atomic E-state index is 11.8. The third kappa shape index (κ3) is 5.04. The Bertz CT molecular complexity index is 284. The van der Waals surface area contributed by atoms with Crippen LogP contribution in [0.5, 0.6) is 0 Å². The molecule has 6 nitrogen and oxygen atoms in total. The predicted octanol–water partition coefficient (Wildman–Crippen LogP) is 1.29. The van der Waals surface area contributed by atoms with Crippen LogP contribution in [-0.4, -0.2) is 35.7 Å². The molecule has 0 heterocycles. The highest BCUT2D eigenvalue weighted by molar-refractivity contribution is 5.81. The normalized spacial score (nSPS) is 13.2. The van der Waals surface area contributed by atoms with Gasteiger partial charge in [0.1, 0.15) is 11.6 Å². The van der Waals surface area contributed by atoms with Crippen LogP contribution in [0.15, 0.2) is 0 Å². The van der Waals surface area contributed by atoms with E-state index in [1.54, 1.807) is 34.6 Å². The second-order valence-corrected chi connectivity index (χ2v) is 5.22. The van der Waals surface area contributed by atoms with Crippen LogP contribution in [0.3, 0.4) is 0 Å². The van der Waals surface area contributed by atoms with E-state index in [2.05, 4.69) is 4.84 Å². The summed E-state index contributed by atoms with van der Waals surface area (Å²) >= 11 is 0. The predicted molar refractivity (Wildman–Crippen MR) is 62.9 cm³/mol. The molecule has 0 saturated carbocycles. The van der Waals surface area contributed by atoms with Gasteiger partial charge in [0.2, 0.25) is 0 Å². The van der Waals surface area contributed by atoms with Crippen molar-refractivity contribution in [1.82, 2.24) is 4.90 Å². The molecule has 2 N–H and O–H groups in total. The number of carbonyl (C=O) groups is 2. The summed E-state index contributed by atoms with van der Waals surface area (Å²) in [5.41, 5.74) is -0.612. The van der Waals surface area contributed by atoms with Gasteiger partial charge in [-0.15, -0.1) is 0 Å². The first-order chi connectivity index (χ1) is 7.60. The Morgan fingerprint density at radius 3 is 2.00 bits per heavy atom. The number of amides is 1. The fourth-order valence-corrected chi connectivity index (χ4v) is 1.39. The SMILES string of the molecule is CC(C)[C@@H](C(=O)ON)N(C)C(=O)OC(C)(C)C. The van der Waals surface area contributed by atoms with E-state index in [9.17, 15) is 9.59 Å². The van der Waals surface area contributed by atoms with Gasteiger partial charge < -0.3 is 9.57 Å². The fourth-order valence-electron chi connectivity index (χ4n) is 1.39. The summed E-state index contributed by atoms with van der Waals surface area (Å²) in [5.74, 6) is 4.07. The molecule has 0 aromatic rings. The number of rotatable bonds is 3. The summed E-state index contributed by atoms with van der Waals surface area (Å²) in [6, 6.07) is -0.755. The van der Waals surface area contributed by atoms with Gasteiger partial charge in [-0.1, -0.05) is 13.8 Å². The van der Waals surface area contributed by atoms with Crippen LogP contribution in [0.25, 0.3) is 0 Å². The average Bonchev–Trinajstić information content (AvgIpc) is 2.14. The molecule has 17 heavy (non-hydrogen) atoms. The zero-order valence-corrected chi connectivity index (χ0v) is 11.3. The summed E-state index contributed by atoms with van der Waals surface area (Å²) in [6.07, 6.45) is -0.582. The lowest BCUT2D eigenvalue weighted by atomic mass is 10.0. The van der Waals surface area contributed by atoms with Crippen LogP contribution in [0.2, 0.25) is 0 Å². The van der Waals surface area contributed by atoms with E-state index >= 15 is 0 Å². The minimum Gasteiger partial charge on any atom is -0.444 e. The molecule has 0 bridgehead atoms. The largest absolute Gasteiger partial charge is 0.444 e. The highest BCUT2D eigenvalue weighted by Gasteiger charge is 2.33. The maximum Gasteiger partial charge on any atom is 0.410 e. The van der Waals surface area contributed by atoms with E-state index in [4.69, 9.17) is 10.6 Å².